The van der Waals surface area contributed by atoms with Crippen molar-refractivity contribution in [1.82, 2.24) is 0 Å². The number of hydrogen-bond acceptors (Lipinski definition) is 2. The van der Waals surface area contributed by atoms with Gasteiger partial charge in [0.15, 0.2) is 0 Å². The van der Waals surface area contributed by atoms with E-state index >= 15 is 0 Å². The van der Waals surface area contributed by atoms with Gasteiger partial charge in [-0.3, -0.25) is 4.79 Å². The van der Waals surface area contributed by atoms with Gasteiger partial charge in [0.05, 0.1) is 0 Å². The molecule has 0 N–H and O–H groups in total. The topological polar surface area (TPSA) is 26.3 Å². The fraction of sp³-hybridized carbons (Fsp3) is 0.857. The minimum absolute atomic E-state index is 0.0129. The van der Waals surface area contributed by atoms with E-state index in [9.17, 15) is 4.79 Å². The molecule has 3 heteroatoms. The van der Waals surface area contributed by atoms with Gasteiger partial charge in [-0.15, -0.1) is 0 Å². The molecule has 1 atom stereocenters. The molecule has 1 fully saturated rings. The van der Waals surface area contributed by atoms with Gasteiger partial charge in [-0.05, 0) is 19.3 Å². The second-order valence-corrected chi connectivity index (χ2v) is 3.56. The van der Waals surface area contributed by atoms with Gasteiger partial charge in [0, 0.05) is 10.8 Å². The number of carbonyl (C=O) groups excluding carboxylic acids is 1. The number of esters is 1. The van der Waals surface area contributed by atoms with E-state index in [1.54, 1.807) is 0 Å². The van der Waals surface area contributed by atoms with Gasteiger partial charge < -0.3 is 4.74 Å². The van der Waals surface area contributed by atoms with E-state index in [-0.39, 0.29) is 12.1 Å². The Kier molecular flexibility index (Phi) is 3.45. The van der Waals surface area contributed by atoms with Crippen LogP contribution in [0.25, 0.3) is 0 Å². The highest BCUT2D eigenvalue weighted by Crippen LogP contribution is 2.17. The zero-order valence-corrected chi connectivity index (χ0v) is 7.96. The lowest BCUT2D eigenvalue weighted by Crippen LogP contribution is -2.23. The van der Waals surface area contributed by atoms with Gasteiger partial charge in [-0.25, -0.2) is 0 Å². The lowest BCUT2D eigenvalue weighted by atomic mass is 10.1. The SMILES string of the molecule is O=C1CCCC(CCI)O1. The molecule has 0 aromatic carbocycles. The second kappa shape index (κ2) is 4.16. The fourth-order valence-electron chi connectivity index (χ4n) is 1.10. The van der Waals surface area contributed by atoms with Crippen LogP contribution in [0.4, 0.5) is 0 Å². The van der Waals surface area contributed by atoms with Gasteiger partial charge in [0.1, 0.15) is 6.10 Å². The van der Waals surface area contributed by atoms with Crippen molar-refractivity contribution in [3.05, 3.63) is 0 Å². The van der Waals surface area contributed by atoms with E-state index < -0.39 is 0 Å². The average molecular weight is 254 g/mol. The summed E-state index contributed by atoms with van der Waals surface area (Å²) in [6.45, 7) is 0. The normalized spacial score (nSPS) is 26.1. The van der Waals surface area contributed by atoms with E-state index in [1.807, 2.05) is 0 Å². The van der Waals surface area contributed by atoms with Crippen LogP contribution in [0, 0.1) is 0 Å². The zero-order chi connectivity index (χ0) is 7.40. The summed E-state index contributed by atoms with van der Waals surface area (Å²) in [5, 5.41) is 0. The summed E-state index contributed by atoms with van der Waals surface area (Å²) in [6.07, 6.45) is 3.94. The predicted molar refractivity (Wildman–Crippen MR) is 47.2 cm³/mol. The molecular weight excluding hydrogens is 243 g/mol. The van der Waals surface area contributed by atoms with Gasteiger partial charge >= 0.3 is 5.97 Å². The Morgan fingerprint density at radius 3 is 3.10 bits per heavy atom. The molecule has 0 radical (unpaired) electrons. The number of ether oxygens (including phenoxy) is 1. The Balaban J connectivity index is 2.25. The van der Waals surface area contributed by atoms with Crippen molar-refractivity contribution in [3.8, 4) is 0 Å². The van der Waals surface area contributed by atoms with Crippen LogP contribution in [0.2, 0.25) is 0 Å². The molecule has 0 aliphatic carbocycles. The third-order valence-corrected chi connectivity index (χ3v) is 2.26. The Bertz CT molecular complexity index is 123. The summed E-state index contributed by atoms with van der Waals surface area (Å²) < 4.78 is 6.16. The molecule has 0 spiro atoms. The molecule has 58 valence electrons. The van der Waals surface area contributed by atoms with Gasteiger partial charge in [-0.2, -0.15) is 0 Å². The first-order valence-electron chi connectivity index (χ1n) is 3.58. The van der Waals surface area contributed by atoms with Crippen LogP contribution in [0.3, 0.4) is 0 Å². The van der Waals surface area contributed by atoms with E-state index in [0.29, 0.717) is 6.42 Å². The number of alkyl halides is 1. The Labute approximate surface area is 74.5 Å². The molecule has 2 nitrogen and oxygen atoms in total. The molecule has 1 rings (SSSR count). The minimum Gasteiger partial charge on any atom is -0.462 e. The van der Waals surface area contributed by atoms with Crippen molar-refractivity contribution in [2.45, 2.75) is 31.8 Å². The summed E-state index contributed by atoms with van der Waals surface area (Å²) in [7, 11) is 0. The molecule has 0 aromatic heterocycles. The highest BCUT2D eigenvalue weighted by molar-refractivity contribution is 14.1. The third kappa shape index (κ3) is 2.44. The monoisotopic (exact) mass is 254 g/mol. The summed E-state index contributed by atoms with van der Waals surface area (Å²) in [5.41, 5.74) is 0. The lowest BCUT2D eigenvalue weighted by molar-refractivity contribution is -0.153. The maximum absolute atomic E-state index is 10.7. The van der Waals surface area contributed by atoms with E-state index in [2.05, 4.69) is 22.6 Å². The maximum atomic E-state index is 10.7. The molecule has 1 aliphatic rings. The summed E-state index contributed by atoms with van der Waals surface area (Å²) in [6, 6.07) is 0. The molecule has 0 amide bonds. The first-order chi connectivity index (χ1) is 4.83. The van der Waals surface area contributed by atoms with E-state index in [1.165, 1.54) is 0 Å². The number of carbonyl (C=O) groups is 1. The summed E-state index contributed by atoms with van der Waals surface area (Å²) in [4.78, 5) is 10.7. The van der Waals surface area contributed by atoms with Crippen molar-refractivity contribution < 1.29 is 9.53 Å². The van der Waals surface area contributed by atoms with Crippen molar-refractivity contribution in [1.29, 1.82) is 0 Å². The molecule has 0 saturated carbocycles. The van der Waals surface area contributed by atoms with Gasteiger partial charge in [-0.1, -0.05) is 22.6 Å². The van der Waals surface area contributed by atoms with Crippen molar-refractivity contribution in [3.63, 3.8) is 0 Å². The Hall–Kier alpha value is 0.200. The highest BCUT2D eigenvalue weighted by atomic mass is 127. The molecular formula is C7H11IO2. The molecule has 1 unspecified atom stereocenters. The Morgan fingerprint density at radius 1 is 1.70 bits per heavy atom. The number of halogens is 1. The fourth-order valence-corrected chi connectivity index (χ4v) is 1.80. The first kappa shape index (κ1) is 8.30. The van der Waals surface area contributed by atoms with Crippen LogP contribution in [-0.2, 0) is 9.53 Å². The molecule has 1 heterocycles. The molecule has 0 bridgehead atoms. The van der Waals surface area contributed by atoms with Crippen LogP contribution < -0.4 is 0 Å². The van der Waals surface area contributed by atoms with E-state index in [0.717, 1.165) is 23.7 Å². The molecule has 1 saturated heterocycles. The van der Waals surface area contributed by atoms with Crippen LogP contribution in [-0.4, -0.2) is 16.5 Å². The first-order valence-corrected chi connectivity index (χ1v) is 5.11. The summed E-state index contributed by atoms with van der Waals surface area (Å²) in [5.74, 6) is -0.0129. The van der Waals surface area contributed by atoms with Crippen LogP contribution in [0.1, 0.15) is 25.7 Å². The third-order valence-electron chi connectivity index (χ3n) is 1.64. The number of cyclic esters (lactones) is 1. The minimum atomic E-state index is -0.0129. The van der Waals surface area contributed by atoms with Crippen molar-refractivity contribution in [2.24, 2.45) is 0 Å². The average Bonchev–Trinajstić information content (AvgIpc) is 1.88. The van der Waals surface area contributed by atoms with Crippen molar-refractivity contribution in [2.75, 3.05) is 4.43 Å². The lowest BCUT2D eigenvalue weighted by Gasteiger charge is -2.20. The predicted octanol–water partition coefficient (Wildman–Crippen LogP) is 1.91. The Morgan fingerprint density at radius 2 is 2.50 bits per heavy atom. The number of rotatable bonds is 2. The van der Waals surface area contributed by atoms with E-state index in [4.69, 9.17) is 4.74 Å². The van der Waals surface area contributed by atoms with Crippen LogP contribution in [0.15, 0.2) is 0 Å². The maximum Gasteiger partial charge on any atom is 0.306 e. The van der Waals surface area contributed by atoms with Crippen LogP contribution >= 0.6 is 22.6 Å². The smallest absolute Gasteiger partial charge is 0.306 e. The quantitative estimate of drug-likeness (QED) is 0.427. The van der Waals surface area contributed by atoms with Gasteiger partial charge in [0.25, 0.3) is 0 Å². The molecule has 0 aromatic rings. The van der Waals surface area contributed by atoms with Gasteiger partial charge in [0.2, 0.25) is 0 Å². The zero-order valence-electron chi connectivity index (χ0n) is 5.81. The van der Waals surface area contributed by atoms with Crippen LogP contribution in [0.5, 0.6) is 0 Å². The highest BCUT2D eigenvalue weighted by Gasteiger charge is 2.18. The standard InChI is InChI=1S/C7H11IO2/c8-5-4-6-2-1-3-7(9)10-6/h6H,1-5H2. The van der Waals surface area contributed by atoms with Crippen molar-refractivity contribution >= 4 is 28.6 Å². The molecule has 1 aliphatic heterocycles. The largest absolute Gasteiger partial charge is 0.462 e. The molecule has 10 heavy (non-hydrogen) atoms. The second-order valence-electron chi connectivity index (χ2n) is 2.48. The summed E-state index contributed by atoms with van der Waals surface area (Å²) >= 11 is 2.31. The number of hydrogen-bond donors (Lipinski definition) is 0.